The van der Waals surface area contributed by atoms with Gasteiger partial charge in [0, 0.05) is 63.6 Å². The monoisotopic (exact) mass is 1530 g/mol. The van der Waals surface area contributed by atoms with Gasteiger partial charge in [-0.25, -0.2) is 0 Å². The van der Waals surface area contributed by atoms with Crippen molar-refractivity contribution in [2.75, 3.05) is 77.2 Å². The molecule has 0 aromatic carbocycles. The van der Waals surface area contributed by atoms with E-state index in [2.05, 4.69) is 38.3 Å². The first kappa shape index (κ1) is 101. The first-order valence-corrected chi connectivity index (χ1v) is 46.9. The smallest absolute Gasteiger partial charge is 0.307 e. The number of nitrogens with one attached hydrogen (secondary N) is 2. The number of unbranched alkanes of at least 4 members (excludes halogenated alkanes) is 52. The standard InChI is InChI=1S/C88H164N4O12S2/c1-5-9-13-17-21-25-29-33-37-41-45-49-53-57-71-101-81(93)61-65-91(66-62-82(94)102-72-58-54-50-46-42-38-34-30-26-22-18-14-10-6-2)69-75-105-85(97)77-79-87(99)90-80(88(100)89-79)78-86(98)106-76-70-92(67-63-83(95)103-73-59-55-51-47-43-39-35-31-27-23-19-15-11-7-3)68-64-84(96)104-74-60-56-52-48-44-40-36-32-28-24-20-16-12-8-4/h79-80H,5-78H2,1-4H3,(H,89,100)(H,90,99). The molecule has 2 atom stereocenters. The van der Waals surface area contributed by atoms with Crippen LogP contribution in [-0.2, 0) is 57.3 Å². The molecular weight excluding hydrogens is 1370 g/mol. The van der Waals surface area contributed by atoms with Gasteiger partial charge in [-0.3, -0.25) is 38.4 Å². The van der Waals surface area contributed by atoms with E-state index >= 15 is 0 Å². The van der Waals surface area contributed by atoms with Gasteiger partial charge in [-0.1, -0.05) is 385 Å². The molecule has 1 fully saturated rings. The summed E-state index contributed by atoms with van der Waals surface area (Å²) < 4.78 is 22.5. The minimum absolute atomic E-state index is 0.148. The Kier molecular flexibility index (Phi) is 74.6. The molecule has 2 amide bonds. The predicted molar refractivity (Wildman–Crippen MR) is 444 cm³/mol. The number of hydrogen-bond donors (Lipinski definition) is 2. The summed E-state index contributed by atoms with van der Waals surface area (Å²) in [6.07, 6.45) is 70.2. The Balaban J connectivity index is 2.67. The van der Waals surface area contributed by atoms with E-state index in [1.807, 2.05) is 9.80 Å². The van der Waals surface area contributed by atoms with Crippen molar-refractivity contribution in [1.29, 1.82) is 0 Å². The summed E-state index contributed by atoms with van der Waals surface area (Å²) in [5.74, 6) is -1.59. The van der Waals surface area contributed by atoms with E-state index in [0.29, 0.717) is 77.2 Å². The van der Waals surface area contributed by atoms with Crippen LogP contribution < -0.4 is 10.6 Å². The zero-order valence-electron chi connectivity index (χ0n) is 69.1. The summed E-state index contributed by atoms with van der Waals surface area (Å²) in [6.45, 7) is 12.8. The van der Waals surface area contributed by atoms with E-state index in [1.165, 1.54) is 283 Å². The lowest BCUT2D eigenvalue weighted by molar-refractivity contribution is -0.146. The molecule has 1 saturated heterocycles. The number of amides is 2. The van der Waals surface area contributed by atoms with Crippen molar-refractivity contribution in [2.24, 2.45) is 0 Å². The van der Waals surface area contributed by atoms with Crippen LogP contribution in [0.15, 0.2) is 0 Å². The number of carbonyl (C=O) groups excluding carboxylic acids is 8. The van der Waals surface area contributed by atoms with E-state index in [-0.39, 0.29) is 72.6 Å². The van der Waals surface area contributed by atoms with Crippen LogP contribution in [0.5, 0.6) is 0 Å². The molecule has 0 spiro atoms. The van der Waals surface area contributed by atoms with Crippen molar-refractivity contribution in [1.82, 2.24) is 20.4 Å². The van der Waals surface area contributed by atoms with Gasteiger partial charge < -0.3 is 39.4 Å². The van der Waals surface area contributed by atoms with Crippen molar-refractivity contribution in [3.05, 3.63) is 0 Å². The lowest BCUT2D eigenvalue weighted by Gasteiger charge is -2.29. The molecule has 1 aliphatic heterocycles. The molecule has 0 saturated carbocycles. The van der Waals surface area contributed by atoms with Crippen molar-refractivity contribution < 1.29 is 57.3 Å². The Hall–Kier alpha value is -3.22. The van der Waals surface area contributed by atoms with Gasteiger partial charge in [0.25, 0.3) is 0 Å². The molecule has 2 N–H and O–H groups in total. The summed E-state index contributed by atoms with van der Waals surface area (Å²) >= 11 is 2.06. The fraction of sp³-hybridized carbons (Fsp3) is 0.909. The Labute approximate surface area is 658 Å². The van der Waals surface area contributed by atoms with Gasteiger partial charge in [-0.2, -0.15) is 0 Å². The number of esters is 4. The van der Waals surface area contributed by atoms with Crippen molar-refractivity contribution in [3.63, 3.8) is 0 Å². The van der Waals surface area contributed by atoms with Crippen molar-refractivity contribution in [2.45, 2.75) is 438 Å². The molecule has 0 aromatic heterocycles. The second-order valence-electron chi connectivity index (χ2n) is 30.9. The molecule has 1 heterocycles. The Morgan fingerprint density at radius 3 is 0.613 bits per heavy atom. The minimum atomic E-state index is -1.10. The summed E-state index contributed by atoms with van der Waals surface area (Å²) in [6, 6.07) is -2.20. The van der Waals surface area contributed by atoms with E-state index in [0.717, 1.165) is 101 Å². The fourth-order valence-electron chi connectivity index (χ4n) is 13.9. The first-order valence-electron chi connectivity index (χ1n) is 44.9. The van der Waals surface area contributed by atoms with Gasteiger partial charge in [-0.15, -0.1) is 0 Å². The summed E-state index contributed by atoms with van der Waals surface area (Å²) in [7, 11) is 0. The molecule has 1 aliphatic rings. The second kappa shape index (κ2) is 78.5. The van der Waals surface area contributed by atoms with E-state index in [1.54, 1.807) is 0 Å². The van der Waals surface area contributed by atoms with Gasteiger partial charge in [0.15, 0.2) is 10.2 Å². The van der Waals surface area contributed by atoms with Crippen LogP contribution in [0.1, 0.15) is 426 Å². The highest BCUT2D eigenvalue weighted by Gasteiger charge is 2.36. The molecule has 2 unspecified atom stereocenters. The predicted octanol–water partition coefficient (Wildman–Crippen LogP) is 22.5. The van der Waals surface area contributed by atoms with Gasteiger partial charge in [0.1, 0.15) is 12.1 Å². The maximum Gasteiger partial charge on any atom is 0.307 e. The third kappa shape index (κ3) is 68.8. The van der Waals surface area contributed by atoms with Crippen LogP contribution in [0.25, 0.3) is 0 Å². The molecule has 620 valence electrons. The highest BCUT2D eigenvalue weighted by Crippen LogP contribution is 2.21. The van der Waals surface area contributed by atoms with Gasteiger partial charge >= 0.3 is 23.9 Å². The highest BCUT2D eigenvalue weighted by molar-refractivity contribution is 8.13. The maximum absolute atomic E-state index is 13.4. The molecule has 0 bridgehead atoms. The Morgan fingerprint density at radius 1 is 0.264 bits per heavy atom. The zero-order valence-corrected chi connectivity index (χ0v) is 70.7. The quantitative estimate of drug-likeness (QED) is 0.0330. The minimum Gasteiger partial charge on any atom is -0.466 e. The number of nitrogens with zero attached hydrogens (tertiary/aromatic N) is 2. The van der Waals surface area contributed by atoms with Crippen molar-refractivity contribution in [3.8, 4) is 0 Å². The molecular formula is C88H164N4O12S2. The SMILES string of the molecule is CCCCCCCCCCCCCCCCOC(=O)CCN(CCSC(=O)CC1NC(=O)C(CC(=O)SCCN(CCC(=O)OCCCCCCCCCCCCCCCC)CCC(=O)OCCCCCCCCCCCCCCCC)NC1=O)CCC(=O)OCCCCCCCCCCCCCCCC. The lowest BCUT2D eigenvalue weighted by Crippen LogP contribution is -2.62. The molecule has 1 rings (SSSR count). The average Bonchev–Trinajstić information content (AvgIpc) is 0.838. The van der Waals surface area contributed by atoms with Crippen LogP contribution in [0.3, 0.4) is 0 Å². The zero-order chi connectivity index (χ0) is 76.9. The molecule has 106 heavy (non-hydrogen) atoms. The van der Waals surface area contributed by atoms with Crippen LogP contribution >= 0.6 is 23.5 Å². The Morgan fingerprint density at radius 2 is 0.434 bits per heavy atom. The van der Waals surface area contributed by atoms with E-state index in [9.17, 15) is 38.4 Å². The number of piperazine rings is 1. The second-order valence-corrected chi connectivity index (χ2v) is 33.2. The maximum atomic E-state index is 13.4. The Bertz CT molecular complexity index is 1850. The molecule has 16 nitrogen and oxygen atoms in total. The normalized spacial score (nSPS) is 13.7. The number of carbonyl (C=O) groups is 8. The average molecular weight is 1530 g/mol. The van der Waals surface area contributed by atoms with Gasteiger partial charge in [0.2, 0.25) is 11.8 Å². The van der Waals surface area contributed by atoms with Crippen LogP contribution in [-0.4, -0.2) is 145 Å². The third-order valence-corrected chi connectivity index (χ3v) is 22.7. The number of ether oxygens (including phenoxy) is 4. The largest absolute Gasteiger partial charge is 0.466 e. The van der Waals surface area contributed by atoms with Gasteiger partial charge in [0.05, 0.1) is 52.1 Å². The van der Waals surface area contributed by atoms with E-state index in [4.69, 9.17) is 18.9 Å². The first-order chi connectivity index (χ1) is 51.9. The molecule has 18 heteroatoms. The summed E-state index contributed by atoms with van der Waals surface area (Å²) in [4.78, 5) is 109. The number of thioether (sulfide) groups is 2. The van der Waals surface area contributed by atoms with Crippen molar-refractivity contribution >= 4 is 69.4 Å². The third-order valence-electron chi connectivity index (χ3n) is 20.9. The van der Waals surface area contributed by atoms with Crippen LogP contribution in [0, 0.1) is 0 Å². The van der Waals surface area contributed by atoms with Crippen LogP contribution in [0.2, 0.25) is 0 Å². The lowest BCUT2D eigenvalue weighted by atomic mass is 10.0. The fourth-order valence-corrected chi connectivity index (χ4v) is 15.6. The molecule has 0 radical (unpaired) electrons. The van der Waals surface area contributed by atoms with Gasteiger partial charge in [-0.05, 0) is 25.7 Å². The van der Waals surface area contributed by atoms with E-state index < -0.39 is 23.9 Å². The topological polar surface area (TPSA) is 204 Å². The number of hydrogen-bond acceptors (Lipinski definition) is 16. The molecule has 0 aliphatic carbocycles. The highest BCUT2D eigenvalue weighted by atomic mass is 32.2. The molecule has 0 aromatic rings. The van der Waals surface area contributed by atoms with Crippen LogP contribution in [0.4, 0.5) is 0 Å². The summed E-state index contributed by atoms with van der Waals surface area (Å²) in [5.41, 5.74) is 0. The summed E-state index contributed by atoms with van der Waals surface area (Å²) in [5, 5.41) is 4.74. The number of rotatable bonds is 82.